The van der Waals surface area contributed by atoms with Crippen LogP contribution in [0.2, 0.25) is 20.1 Å². The summed E-state index contributed by atoms with van der Waals surface area (Å²) in [5.74, 6) is -7.16. The Kier molecular flexibility index (Phi) is 18.2. The minimum Gasteiger partial charge on any atom is -0.423 e. The number of carbonyl (C=O) groups excluding carboxylic acids is 2. The van der Waals surface area contributed by atoms with Crippen LogP contribution >= 0.6 is 62.3 Å². The van der Waals surface area contributed by atoms with Crippen molar-refractivity contribution in [1.82, 2.24) is 19.9 Å². The highest BCUT2D eigenvalue weighted by Crippen LogP contribution is 2.34. The molecule has 0 spiro atoms. The maximum atomic E-state index is 15.1. The lowest BCUT2D eigenvalue weighted by Gasteiger charge is -2.11. The van der Waals surface area contributed by atoms with Gasteiger partial charge < -0.3 is 20.0 Å². The Morgan fingerprint density at radius 3 is 1.57 bits per heavy atom. The molecular weight excluding hydrogens is 1140 g/mol. The topological polar surface area (TPSA) is 224 Å². The van der Waals surface area contributed by atoms with Crippen LogP contribution in [-0.4, -0.2) is 77.0 Å². The van der Waals surface area contributed by atoms with E-state index in [4.69, 9.17) is 56.5 Å². The SMILES string of the molecule is CCCS(=O)(=O)Nc1ccc(F)c(C(=O)c2c[nH]c3ncc(-c4ccc(Cl)cc4Cl)cc23)c1F.CCCS(=O)(=O)Nc1ccc(F)c(C(=O)c2c[nH]c3ncc(Br)cc23)c1F.OB(O)c1ccc(Cl)cc1Cl. The molecule has 0 amide bonds. The number of pyridine rings is 2. The first-order chi connectivity index (χ1) is 33.9. The van der Waals surface area contributed by atoms with Gasteiger partial charge in [-0.3, -0.25) is 19.0 Å². The summed E-state index contributed by atoms with van der Waals surface area (Å²) in [5, 5.41) is 19.7. The maximum Gasteiger partial charge on any atom is 0.489 e. The summed E-state index contributed by atoms with van der Waals surface area (Å²) in [6.07, 6.45) is 6.26. The highest BCUT2D eigenvalue weighted by atomic mass is 79.9. The zero-order valence-corrected chi connectivity index (χ0v) is 43.3. The molecule has 4 aromatic heterocycles. The molecule has 6 N–H and O–H groups in total. The van der Waals surface area contributed by atoms with Gasteiger partial charge in [-0.05, 0) is 89.4 Å². The third kappa shape index (κ3) is 13.2. The van der Waals surface area contributed by atoms with Crippen molar-refractivity contribution in [1.29, 1.82) is 0 Å². The molecule has 4 heterocycles. The molecule has 0 aliphatic rings. The second kappa shape index (κ2) is 23.5. The summed E-state index contributed by atoms with van der Waals surface area (Å²) in [6, 6.07) is 16.1. The quantitative estimate of drug-likeness (QED) is 0.0343. The summed E-state index contributed by atoms with van der Waals surface area (Å²) in [6.45, 7) is 3.30. The highest BCUT2D eigenvalue weighted by Gasteiger charge is 2.28. The maximum absolute atomic E-state index is 15.1. The van der Waals surface area contributed by atoms with Gasteiger partial charge in [-0.15, -0.1) is 0 Å². The summed E-state index contributed by atoms with van der Waals surface area (Å²) in [5.41, 5.74) is -0.617. The van der Waals surface area contributed by atoms with Crippen LogP contribution in [0.25, 0.3) is 33.2 Å². The summed E-state index contributed by atoms with van der Waals surface area (Å²) in [7, 11) is -9.20. The fraction of sp³-hybridized carbons (Fsp3) is 0.130. The molecular formula is C46H36BBrCl4F4N6O8S2. The van der Waals surface area contributed by atoms with Gasteiger partial charge in [0.1, 0.15) is 22.9 Å². The number of benzene rings is 4. The number of rotatable bonds is 14. The molecule has 26 heteroatoms. The van der Waals surface area contributed by atoms with Crippen LogP contribution in [0.1, 0.15) is 58.5 Å². The van der Waals surface area contributed by atoms with Crippen molar-refractivity contribution >= 4 is 140 Å². The van der Waals surface area contributed by atoms with Crippen molar-refractivity contribution < 1.29 is 54.0 Å². The van der Waals surface area contributed by atoms with Gasteiger partial charge in [-0.1, -0.05) is 72.4 Å². The molecule has 4 aromatic carbocycles. The molecule has 0 aliphatic heterocycles. The first-order valence-corrected chi connectivity index (χ1v) is 26.5. The second-order valence-electron chi connectivity index (χ2n) is 15.3. The van der Waals surface area contributed by atoms with E-state index in [-0.39, 0.29) is 33.1 Å². The third-order valence-corrected chi connectivity index (χ3v) is 14.6. The molecule has 0 aliphatic carbocycles. The molecule has 0 unspecified atom stereocenters. The lowest BCUT2D eigenvalue weighted by atomic mass is 9.80. The Labute approximate surface area is 437 Å². The predicted molar refractivity (Wildman–Crippen MR) is 277 cm³/mol. The molecule has 72 heavy (non-hydrogen) atoms. The van der Waals surface area contributed by atoms with E-state index in [1.807, 2.05) is 0 Å². The zero-order chi connectivity index (χ0) is 52.8. The summed E-state index contributed by atoms with van der Waals surface area (Å²) < 4.78 is 111. The Morgan fingerprint density at radius 1 is 0.653 bits per heavy atom. The van der Waals surface area contributed by atoms with Crippen LogP contribution in [0.3, 0.4) is 0 Å². The first-order valence-electron chi connectivity index (χ1n) is 20.9. The van der Waals surface area contributed by atoms with E-state index in [0.717, 1.165) is 24.3 Å². The number of fused-ring (bicyclic) bond motifs is 2. The molecule has 0 fully saturated rings. The minimum atomic E-state index is -3.86. The molecule has 0 radical (unpaired) electrons. The number of H-pyrrole nitrogens is 2. The molecule has 14 nitrogen and oxygen atoms in total. The monoisotopic (exact) mass is 1170 g/mol. The molecule has 0 bridgehead atoms. The van der Waals surface area contributed by atoms with Crippen molar-refractivity contribution in [2.45, 2.75) is 26.7 Å². The van der Waals surface area contributed by atoms with Gasteiger partial charge >= 0.3 is 7.12 Å². The molecule has 376 valence electrons. The van der Waals surface area contributed by atoms with E-state index in [1.54, 1.807) is 50.2 Å². The highest BCUT2D eigenvalue weighted by molar-refractivity contribution is 9.10. The molecule has 0 atom stereocenters. The first kappa shape index (κ1) is 55.8. The lowest BCUT2D eigenvalue weighted by Crippen LogP contribution is -2.30. The summed E-state index contributed by atoms with van der Waals surface area (Å²) in [4.78, 5) is 39.9. The largest absolute Gasteiger partial charge is 0.489 e. The van der Waals surface area contributed by atoms with E-state index in [0.29, 0.717) is 65.6 Å². The fourth-order valence-electron chi connectivity index (χ4n) is 6.86. The normalized spacial score (nSPS) is 11.4. The Morgan fingerprint density at radius 2 is 1.11 bits per heavy atom. The van der Waals surface area contributed by atoms with Gasteiger partial charge in [0.05, 0.1) is 34.0 Å². The van der Waals surface area contributed by atoms with Gasteiger partial charge in [-0.2, -0.15) is 0 Å². The third-order valence-electron chi connectivity index (χ3n) is 10.1. The number of sulfonamides is 2. The lowest BCUT2D eigenvalue weighted by molar-refractivity contribution is 0.102. The molecule has 0 saturated heterocycles. The van der Waals surface area contributed by atoms with Crippen LogP contribution in [0.15, 0.2) is 102 Å². The number of nitrogens with one attached hydrogen (secondary N) is 4. The molecule has 8 aromatic rings. The van der Waals surface area contributed by atoms with Gasteiger partial charge in [-0.25, -0.2) is 44.4 Å². The van der Waals surface area contributed by atoms with Gasteiger partial charge in [0.25, 0.3) is 0 Å². The van der Waals surface area contributed by atoms with Gasteiger partial charge in [0, 0.05) is 87.8 Å². The van der Waals surface area contributed by atoms with Crippen molar-refractivity contribution in [3.8, 4) is 11.1 Å². The fourth-order valence-corrected chi connectivity index (χ4v) is 10.5. The van der Waals surface area contributed by atoms with Crippen molar-refractivity contribution in [2.75, 3.05) is 20.9 Å². The van der Waals surface area contributed by atoms with Gasteiger partial charge in [0.15, 0.2) is 11.6 Å². The smallest absolute Gasteiger partial charge is 0.423 e. The van der Waals surface area contributed by atoms with E-state index >= 15 is 4.39 Å². The Balaban J connectivity index is 0.000000198. The van der Waals surface area contributed by atoms with Crippen LogP contribution in [-0.2, 0) is 20.0 Å². The number of carbonyl (C=O) groups is 2. The zero-order valence-electron chi connectivity index (χ0n) is 37.1. The number of aromatic nitrogens is 4. The van der Waals surface area contributed by atoms with Crippen molar-refractivity contribution in [2.24, 2.45) is 0 Å². The second-order valence-corrected chi connectivity index (χ2v) is 21.6. The number of hydrogen-bond acceptors (Lipinski definition) is 10. The van der Waals surface area contributed by atoms with E-state index in [1.165, 1.54) is 36.9 Å². The molecule has 0 saturated carbocycles. The van der Waals surface area contributed by atoms with Crippen molar-refractivity contribution in [3.05, 3.63) is 168 Å². The standard InChI is InChI=1S/C23H17Cl2F2N3O3S.C17H14BrF2N3O3S.C6H5BCl2O2/c1-2-7-34(32,33)30-19-6-5-18(26)20(21(19)27)22(31)16-11-29-23-15(16)8-12(10-28-23)14-4-3-13(24)9-17(14)25;1-2-5-27(25,26)23-13-4-3-12(19)14(15(13)20)16(24)11-8-22-17-10(11)6-9(18)7-21-17;8-4-1-2-5(7(10)11)6(9)3-4/h3-6,8-11,30H,2,7H2,1H3,(H,28,29);3-4,6-8,23H,2,5H2,1H3,(H,21,22);1-3,10-11H. The average Bonchev–Trinajstić information content (AvgIpc) is 3.93. The van der Waals surface area contributed by atoms with Crippen LogP contribution in [0.4, 0.5) is 28.9 Å². The minimum absolute atomic E-state index is 0.0187. The number of aromatic amines is 2. The number of nitrogens with zero attached hydrogens (tertiary/aromatic N) is 2. The van der Waals surface area contributed by atoms with E-state index < -0.39 is 84.5 Å². The van der Waals surface area contributed by atoms with Crippen molar-refractivity contribution in [3.63, 3.8) is 0 Å². The Hall–Kier alpha value is -5.56. The number of anilines is 2. The number of ketones is 2. The Bertz CT molecular complexity index is 3610. The summed E-state index contributed by atoms with van der Waals surface area (Å²) >= 11 is 26.7. The number of hydrogen-bond donors (Lipinski definition) is 6. The van der Waals surface area contributed by atoms with Crippen LogP contribution < -0.4 is 14.9 Å². The van der Waals surface area contributed by atoms with Crippen LogP contribution in [0.5, 0.6) is 0 Å². The van der Waals surface area contributed by atoms with E-state index in [9.17, 15) is 39.6 Å². The van der Waals surface area contributed by atoms with E-state index in [2.05, 4.69) is 45.3 Å². The number of halogens is 9. The van der Waals surface area contributed by atoms with Gasteiger partial charge in [0.2, 0.25) is 31.6 Å². The van der Waals surface area contributed by atoms with Crippen LogP contribution in [0, 0.1) is 23.3 Å². The molecule has 8 rings (SSSR count). The average molecular weight is 1170 g/mol. The predicted octanol–water partition coefficient (Wildman–Crippen LogP) is 10.9.